The average molecular weight is 312 g/mol. The fourth-order valence-corrected chi connectivity index (χ4v) is 2.55. The van der Waals surface area contributed by atoms with Crippen LogP contribution in [0.15, 0.2) is 42.7 Å². The first-order chi connectivity index (χ1) is 11.0. The highest BCUT2D eigenvalue weighted by Crippen LogP contribution is 2.23. The van der Waals surface area contributed by atoms with Crippen molar-refractivity contribution in [2.75, 3.05) is 6.61 Å². The largest absolute Gasteiger partial charge is 0.484 e. The van der Waals surface area contributed by atoms with Crippen molar-refractivity contribution in [2.24, 2.45) is 0 Å². The summed E-state index contributed by atoms with van der Waals surface area (Å²) in [6.45, 7) is 8.34. The van der Waals surface area contributed by atoms with E-state index in [4.69, 9.17) is 4.74 Å². The minimum Gasteiger partial charge on any atom is -0.484 e. The zero-order valence-electron chi connectivity index (χ0n) is 14.2. The average Bonchev–Trinajstić information content (AvgIpc) is 2.53. The van der Waals surface area contributed by atoms with Crippen molar-refractivity contribution < 1.29 is 9.53 Å². The maximum atomic E-state index is 12.0. The molecule has 0 bridgehead atoms. The van der Waals surface area contributed by atoms with Gasteiger partial charge in [0.1, 0.15) is 5.75 Å². The van der Waals surface area contributed by atoms with Crippen LogP contribution in [0.3, 0.4) is 0 Å². The van der Waals surface area contributed by atoms with Gasteiger partial charge in [-0.15, -0.1) is 0 Å². The van der Waals surface area contributed by atoms with Gasteiger partial charge in [-0.2, -0.15) is 0 Å². The van der Waals surface area contributed by atoms with Gasteiger partial charge in [-0.05, 0) is 60.7 Å². The quantitative estimate of drug-likeness (QED) is 0.883. The van der Waals surface area contributed by atoms with E-state index in [9.17, 15) is 4.79 Å². The summed E-state index contributed by atoms with van der Waals surface area (Å²) in [6, 6.07) is 9.67. The standard InChI is InChI=1S/C19H24N2O2/c1-13(2)18-6-5-17(11-14(18)3)23-12-19(22)21-15(4)16-7-9-20-10-8-16/h5-11,13,15H,12H2,1-4H3,(H,21,22). The molecule has 0 radical (unpaired) electrons. The van der Waals surface area contributed by atoms with Crippen LogP contribution >= 0.6 is 0 Å². The highest BCUT2D eigenvalue weighted by atomic mass is 16.5. The lowest BCUT2D eigenvalue weighted by Gasteiger charge is -2.15. The second kappa shape index (κ2) is 7.77. The summed E-state index contributed by atoms with van der Waals surface area (Å²) in [7, 11) is 0. The van der Waals surface area contributed by atoms with Gasteiger partial charge in [0.2, 0.25) is 0 Å². The summed E-state index contributed by atoms with van der Waals surface area (Å²) in [5.41, 5.74) is 3.50. The number of carbonyl (C=O) groups is 1. The number of ether oxygens (including phenoxy) is 1. The van der Waals surface area contributed by atoms with Crippen molar-refractivity contribution >= 4 is 5.91 Å². The zero-order chi connectivity index (χ0) is 16.8. The van der Waals surface area contributed by atoms with Gasteiger partial charge in [-0.3, -0.25) is 9.78 Å². The van der Waals surface area contributed by atoms with E-state index < -0.39 is 0 Å². The summed E-state index contributed by atoms with van der Waals surface area (Å²) < 4.78 is 5.60. The molecule has 1 atom stereocenters. The highest BCUT2D eigenvalue weighted by molar-refractivity contribution is 5.78. The molecule has 4 nitrogen and oxygen atoms in total. The van der Waals surface area contributed by atoms with E-state index in [0.29, 0.717) is 5.92 Å². The molecule has 23 heavy (non-hydrogen) atoms. The Bertz CT molecular complexity index is 654. The number of aryl methyl sites for hydroxylation is 1. The Hall–Kier alpha value is -2.36. The van der Waals surface area contributed by atoms with Crippen molar-refractivity contribution in [2.45, 2.75) is 39.7 Å². The third kappa shape index (κ3) is 4.81. The molecule has 0 aliphatic rings. The normalized spacial score (nSPS) is 12.0. The summed E-state index contributed by atoms with van der Waals surface area (Å²) in [6.07, 6.45) is 3.43. The lowest BCUT2D eigenvalue weighted by molar-refractivity contribution is -0.123. The van der Waals surface area contributed by atoms with Gasteiger partial charge in [-0.1, -0.05) is 19.9 Å². The SMILES string of the molecule is Cc1cc(OCC(=O)NC(C)c2ccncc2)ccc1C(C)C. The second-order valence-corrected chi connectivity index (χ2v) is 6.03. The van der Waals surface area contributed by atoms with Gasteiger partial charge in [0.15, 0.2) is 6.61 Å². The van der Waals surface area contributed by atoms with Crippen LogP contribution in [0.5, 0.6) is 5.75 Å². The number of carbonyl (C=O) groups excluding carboxylic acids is 1. The fourth-order valence-electron chi connectivity index (χ4n) is 2.55. The number of pyridine rings is 1. The first-order valence-corrected chi connectivity index (χ1v) is 7.90. The van der Waals surface area contributed by atoms with Crippen LogP contribution in [0.1, 0.15) is 49.4 Å². The highest BCUT2D eigenvalue weighted by Gasteiger charge is 2.10. The molecule has 0 saturated carbocycles. The van der Waals surface area contributed by atoms with E-state index >= 15 is 0 Å². The smallest absolute Gasteiger partial charge is 0.258 e. The maximum absolute atomic E-state index is 12.0. The predicted octanol–water partition coefficient (Wildman–Crippen LogP) is 3.77. The molecule has 1 aromatic heterocycles. The van der Waals surface area contributed by atoms with Crippen molar-refractivity contribution in [1.29, 1.82) is 0 Å². The minimum absolute atomic E-state index is 0.00981. The van der Waals surface area contributed by atoms with Crippen LogP contribution in [-0.4, -0.2) is 17.5 Å². The Balaban J connectivity index is 1.88. The van der Waals surface area contributed by atoms with E-state index in [1.165, 1.54) is 11.1 Å². The van der Waals surface area contributed by atoms with Crippen LogP contribution in [-0.2, 0) is 4.79 Å². The second-order valence-electron chi connectivity index (χ2n) is 6.03. The maximum Gasteiger partial charge on any atom is 0.258 e. The van der Waals surface area contributed by atoms with Crippen LogP contribution in [0.4, 0.5) is 0 Å². The topological polar surface area (TPSA) is 51.2 Å². The summed E-state index contributed by atoms with van der Waals surface area (Å²) in [4.78, 5) is 16.0. The van der Waals surface area contributed by atoms with E-state index in [1.807, 2.05) is 31.2 Å². The van der Waals surface area contributed by atoms with Gasteiger partial charge < -0.3 is 10.1 Å². The van der Waals surface area contributed by atoms with Gasteiger partial charge >= 0.3 is 0 Å². The molecule has 122 valence electrons. The molecule has 1 aromatic carbocycles. The van der Waals surface area contributed by atoms with Crippen molar-refractivity contribution in [3.05, 3.63) is 59.4 Å². The lowest BCUT2D eigenvalue weighted by Crippen LogP contribution is -2.31. The summed E-state index contributed by atoms with van der Waals surface area (Å²) in [5.74, 6) is 1.06. The molecule has 1 amide bonds. The third-order valence-corrected chi connectivity index (χ3v) is 3.82. The Morgan fingerprint density at radius 2 is 1.87 bits per heavy atom. The Kier molecular flexibility index (Phi) is 5.74. The van der Waals surface area contributed by atoms with E-state index in [1.54, 1.807) is 12.4 Å². The first kappa shape index (κ1) is 17.0. The Morgan fingerprint density at radius 3 is 2.48 bits per heavy atom. The number of aromatic nitrogens is 1. The molecule has 4 heteroatoms. The minimum atomic E-state index is -0.139. The van der Waals surface area contributed by atoms with Gasteiger partial charge in [0.05, 0.1) is 6.04 Å². The van der Waals surface area contributed by atoms with Gasteiger partial charge in [0, 0.05) is 12.4 Å². The first-order valence-electron chi connectivity index (χ1n) is 7.90. The molecular weight excluding hydrogens is 288 g/mol. The molecular formula is C19H24N2O2. The molecule has 1 heterocycles. The molecule has 1 N–H and O–H groups in total. The number of benzene rings is 1. The molecule has 0 aliphatic heterocycles. The lowest BCUT2D eigenvalue weighted by atomic mass is 9.98. The number of hydrogen-bond donors (Lipinski definition) is 1. The Morgan fingerprint density at radius 1 is 1.17 bits per heavy atom. The third-order valence-electron chi connectivity index (χ3n) is 3.82. The van der Waals surface area contributed by atoms with Crippen molar-refractivity contribution in [3.63, 3.8) is 0 Å². The molecule has 0 fully saturated rings. The summed E-state index contributed by atoms with van der Waals surface area (Å²) in [5, 5.41) is 2.92. The number of amides is 1. The summed E-state index contributed by atoms with van der Waals surface area (Å²) >= 11 is 0. The van der Waals surface area contributed by atoms with Crippen LogP contribution in [0.2, 0.25) is 0 Å². The van der Waals surface area contributed by atoms with E-state index in [-0.39, 0.29) is 18.6 Å². The van der Waals surface area contributed by atoms with E-state index in [2.05, 4.69) is 37.1 Å². The number of nitrogens with zero attached hydrogens (tertiary/aromatic N) is 1. The van der Waals surface area contributed by atoms with Crippen LogP contribution in [0.25, 0.3) is 0 Å². The molecule has 2 rings (SSSR count). The Labute approximate surface area is 137 Å². The van der Waals surface area contributed by atoms with Gasteiger partial charge in [-0.25, -0.2) is 0 Å². The van der Waals surface area contributed by atoms with Crippen molar-refractivity contribution in [1.82, 2.24) is 10.3 Å². The van der Waals surface area contributed by atoms with E-state index in [0.717, 1.165) is 11.3 Å². The molecule has 0 spiro atoms. The molecule has 0 aliphatic carbocycles. The fraction of sp³-hybridized carbons (Fsp3) is 0.368. The van der Waals surface area contributed by atoms with Crippen LogP contribution < -0.4 is 10.1 Å². The molecule has 2 aromatic rings. The predicted molar refractivity (Wildman–Crippen MR) is 91.6 cm³/mol. The van der Waals surface area contributed by atoms with Crippen LogP contribution in [0, 0.1) is 6.92 Å². The molecule has 1 unspecified atom stereocenters. The molecule has 0 saturated heterocycles. The van der Waals surface area contributed by atoms with Gasteiger partial charge in [0.25, 0.3) is 5.91 Å². The number of hydrogen-bond acceptors (Lipinski definition) is 3. The monoisotopic (exact) mass is 312 g/mol. The zero-order valence-corrected chi connectivity index (χ0v) is 14.2. The van der Waals surface area contributed by atoms with Crippen molar-refractivity contribution in [3.8, 4) is 5.75 Å². The number of rotatable bonds is 6. The number of nitrogens with one attached hydrogen (secondary N) is 1.